The third kappa shape index (κ3) is 7.59. The topological polar surface area (TPSA) is 72.5 Å². The van der Waals surface area contributed by atoms with Gasteiger partial charge >= 0.3 is 7.60 Å². The minimum Gasteiger partial charge on any atom is -0.368 e. The highest BCUT2D eigenvalue weighted by molar-refractivity contribution is 7.57. The Hall–Kier alpha value is -1.83. The van der Waals surface area contributed by atoms with E-state index in [-0.39, 0.29) is 13.2 Å². The predicted octanol–water partition coefficient (Wildman–Crippen LogP) is 5.31. The average molecular weight is 477 g/mol. The SMILES string of the molecule is CCOP(=O)(/C=C/[C@H]1O[C@H](OC)[C@@H](OCc2ccccc2)[C@@H]1OCc1ccccc1)OCC. The molecular formula is C25H33O7P. The van der Waals surface area contributed by atoms with Crippen molar-refractivity contribution in [3.05, 3.63) is 83.7 Å². The molecule has 7 nitrogen and oxygen atoms in total. The van der Waals surface area contributed by atoms with Crippen molar-refractivity contribution < 1.29 is 32.6 Å². The Morgan fingerprint density at radius 3 is 1.85 bits per heavy atom. The molecule has 2 aromatic carbocycles. The van der Waals surface area contributed by atoms with Crippen LogP contribution in [0.1, 0.15) is 25.0 Å². The molecule has 180 valence electrons. The molecule has 0 bridgehead atoms. The van der Waals surface area contributed by atoms with Crippen LogP contribution in [0.5, 0.6) is 0 Å². The lowest BCUT2D eigenvalue weighted by Crippen LogP contribution is -2.37. The smallest absolute Gasteiger partial charge is 0.353 e. The van der Waals surface area contributed by atoms with Crippen LogP contribution in [0, 0.1) is 0 Å². The number of benzene rings is 2. The number of methoxy groups -OCH3 is 1. The molecule has 0 saturated carbocycles. The number of hydrogen-bond acceptors (Lipinski definition) is 7. The number of ether oxygens (including phenoxy) is 4. The van der Waals surface area contributed by atoms with E-state index in [0.29, 0.717) is 13.2 Å². The van der Waals surface area contributed by atoms with Gasteiger partial charge in [0.25, 0.3) is 0 Å². The maximum absolute atomic E-state index is 12.9. The zero-order chi connectivity index (χ0) is 23.5. The summed E-state index contributed by atoms with van der Waals surface area (Å²) in [5.74, 6) is 1.44. The van der Waals surface area contributed by atoms with Crippen LogP contribution in [0.3, 0.4) is 0 Å². The van der Waals surface area contributed by atoms with Crippen LogP contribution >= 0.6 is 7.60 Å². The van der Waals surface area contributed by atoms with Crippen LogP contribution in [0.15, 0.2) is 72.6 Å². The van der Waals surface area contributed by atoms with Gasteiger partial charge in [-0.3, -0.25) is 4.57 Å². The average Bonchev–Trinajstić information content (AvgIpc) is 3.18. The molecule has 1 aliphatic rings. The summed E-state index contributed by atoms with van der Waals surface area (Å²) in [6.07, 6.45) is -0.532. The highest BCUT2D eigenvalue weighted by Gasteiger charge is 2.46. The molecular weight excluding hydrogens is 443 g/mol. The van der Waals surface area contributed by atoms with E-state index in [0.717, 1.165) is 11.1 Å². The molecule has 0 aromatic heterocycles. The lowest BCUT2D eigenvalue weighted by molar-refractivity contribution is -0.164. The largest absolute Gasteiger partial charge is 0.368 e. The molecule has 0 spiro atoms. The van der Waals surface area contributed by atoms with Gasteiger partial charge in [-0.1, -0.05) is 60.7 Å². The van der Waals surface area contributed by atoms with Crippen molar-refractivity contribution in [2.75, 3.05) is 20.3 Å². The zero-order valence-electron chi connectivity index (χ0n) is 19.4. The van der Waals surface area contributed by atoms with Crippen LogP contribution < -0.4 is 0 Å². The summed E-state index contributed by atoms with van der Waals surface area (Å²) < 4.78 is 47.8. The fourth-order valence-corrected chi connectivity index (χ4v) is 4.91. The summed E-state index contributed by atoms with van der Waals surface area (Å²) in [6, 6.07) is 19.7. The summed E-state index contributed by atoms with van der Waals surface area (Å²) >= 11 is 0. The molecule has 1 saturated heterocycles. The highest BCUT2D eigenvalue weighted by atomic mass is 31.2. The fraction of sp³-hybridized carbons (Fsp3) is 0.440. The van der Waals surface area contributed by atoms with Crippen molar-refractivity contribution in [1.82, 2.24) is 0 Å². The van der Waals surface area contributed by atoms with Gasteiger partial charge in [-0.15, -0.1) is 0 Å². The second-order valence-electron chi connectivity index (χ2n) is 7.44. The van der Waals surface area contributed by atoms with Gasteiger partial charge < -0.3 is 28.0 Å². The first-order valence-corrected chi connectivity index (χ1v) is 12.8. The van der Waals surface area contributed by atoms with Crippen LogP contribution in [-0.2, 0) is 45.8 Å². The van der Waals surface area contributed by atoms with E-state index < -0.39 is 32.2 Å². The zero-order valence-corrected chi connectivity index (χ0v) is 20.3. The van der Waals surface area contributed by atoms with Crippen molar-refractivity contribution in [2.45, 2.75) is 51.7 Å². The molecule has 33 heavy (non-hydrogen) atoms. The molecule has 0 amide bonds. The van der Waals surface area contributed by atoms with E-state index >= 15 is 0 Å². The molecule has 3 rings (SSSR count). The van der Waals surface area contributed by atoms with Gasteiger partial charge in [-0.05, 0) is 31.1 Å². The maximum atomic E-state index is 12.9. The van der Waals surface area contributed by atoms with Gasteiger partial charge in [-0.25, -0.2) is 0 Å². The van der Waals surface area contributed by atoms with Crippen molar-refractivity contribution in [2.24, 2.45) is 0 Å². The van der Waals surface area contributed by atoms with E-state index in [1.165, 1.54) is 5.82 Å². The van der Waals surface area contributed by atoms with E-state index in [1.54, 1.807) is 27.0 Å². The standard InChI is InChI=1S/C25H33O7P/c1-4-30-33(26,31-5-2)17-16-22-23(28-18-20-12-8-6-9-13-20)24(25(27-3)32-22)29-19-21-14-10-7-11-15-21/h6-17,22-25H,4-5,18-19H2,1-3H3/b17-16+/t22-,23-,24+,25+/m1/s1. The Morgan fingerprint density at radius 2 is 1.36 bits per heavy atom. The molecule has 0 unspecified atom stereocenters. The predicted molar refractivity (Wildman–Crippen MR) is 126 cm³/mol. The van der Waals surface area contributed by atoms with E-state index in [4.69, 9.17) is 28.0 Å². The van der Waals surface area contributed by atoms with Gasteiger partial charge in [0.05, 0.1) is 26.4 Å². The second kappa shape index (κ2) is 13.2. The molecule has 1 fully saturated rings. The maximum Gasteiger partial charge on any atom is 0.353 e. The quantitative estimate of drug-likeness (QED) is 0.363. The number of hydrogen-bond donors (Lipinski definition) is 0. The van der Waals surface area contributed by atoms with E-state index in [1.807, 2.05) is 60.7 Å². The molecule has 2 aromatic rings. The third-order valence-corrected chi connectivity index (χ3v) is 6.86. The second-order valence-corrected chi connectivity index (χ2v) is 9.34. The van der Waals surface area contributed by atoms with Crippen molar-refractivity contribution in [1.29, 1.82) is 0 Å². The summed E-state index contributed by atoms with van der Waals surface area (Å²) in [4.78, 5) is 0. The van der Waals surface area contributed by atoms with Crippen LogP contribution in [-0.4, -0.2) is 44.9 Å². The fourth-order valence-electron chi connectivity index (χ4n) is 3.57. The minimum atomic E-state index is -3.38. The first-order valence-electron chi connectivity index (χ1n) is 11.2. The first kappa shape index (κ1) is 25.8. The molecule has 0 radical (unpaired) electrons. The lowest BCUT2D eigenvalue weighted by atomic mass is 10.1. The Balaban J connectivity index is 1.79. The summed E-state index contributed by atoms with van der Waals surface area (Å²) in [5, 5.41) is 0. The summed E-state index contributed by atoms with van der Waals surface area (Å²) in [6.45, 7) is 4.83. The van der Waals surface area contributed by atoms with Gasteiger partial charge in [-0.2, -0.15) is 0 Å². The Morgan fingerprint density at radius 1 is 0.848 bits per heavy atom. The first-order chi connectivity index (χ1) is 16.1. The molecule has 0 aliphatic carbocycles. The summed E-state index contributed by atoms with van der Waals surface area (Å²) in [5.41, 5.74) is 2.06. The van der Waals surface area contributed by atoms with Gasteiger partial charge in [0, 0.05) is 12.9 Å². The Labute approximate surface area is 196 Å². The monoisotopic (exact) mass is 476 g/mol. The summed E-state index contributed by atoms with van der Waals surface area (Å²) in [7, 11) is -1.82. The Bertz CT molecular complexity index is 880. The normalized spacial score (nSPS) is 23.4. The van der Waals surface area contributed by atoms with Crippen LogP contribution in [0.25, 0.3) is 0 Å². The molecule has 8 heteroatoms. The lowest BCUT2D eigenvalue weighted by Gasteiger charge is -2.24. The molecule has 4 atom stereocenters. The van der Waals surface area contributed by atoms with Crippen LogP contribution in [0.2, 0.25) is 0 Å². The van der Waals surface area contributed by atoms with Gasteiger partial charge in [0.2, 0.25) is 0 Å². The molecule has 0 N–H and O–H groups in total. The minimum absolute atomic E-state index is 0.268. The molecule has 1 aliphatic heterocycles. The van der Waals surface area contributed by atoms with Crippen molar-refractivity contribution in [3.63, 3.8) is 0 Å². The van der Waals surface area contributed by atoms with Gasteiger partial charge in [0.15, 0.2) is 6.29 Å². The van der Waals surface area contributed by atoms with E-state index in [2.05, 4.69) is 0 Å². The highest BCUT2D eigenvalue weighted by Crippen LogP contribution is 2.50. The van der Waals surface area contributed by atoms with Crippen molar-refractivity contribution in [3.8, 4) is 0 Å². The van der Waals surface area contributed by atoms with Crippen LogP contribution in [0.4, 0.5) is 0 Å². The Kier molecular flexibility index (Phi) is 10.3. The van der Waals surface area contributed by atoms with Gasteiger partial charge in [0.1, 0.15) is 18.3 Å². The molecule has 1 heterocycles. The third-order valence-electron chi connectivity index (χ3n) is 5.09. The number of rotatable bonds is 13. The van der Waals surface area contributed by atoms with E-state index in [9.17, 15) is 4.57 Å². The van der Waals surface area contributed by atoms with Crippen molar-refractivity contribution >= 4 is 7.60 Å².